The summed E-state index contributed by atoms with van der Waals surface area (Å²) in [6.45, 7) is 2.59. The number of hydrogen-bond donors (Lipinski definition) is 1. The molecule has 1 N–H and O–H groups in total. The normalized spacial score (nSPS) is 21.0. The highest BCUT2D eigenvalue weighted by Gasteiger charge is 2.22. The zero-order valence-corrected chi connectivity index (χ0v) is 9.56. The van der Waals surface area contributed by atoms with Crippen LogP contribution in [-0.2, 0) is 4.79 Å². The van der Waals surface area contributed by atoms with Gasteiger partial charge in [-0.15, -0.1) is 0 Å². The van der Waals surface area contributed by atoms with Gasteiger partial charge in [0, 0.05) is 19.4 Å². The Morgan fingerprint density at radius 3 is 3.18 bits per heavy atom. The van der Waals surface area contributed by atoms with Crippen molar-refractivity contribution < 1.29 is 9.32 Å². The van der Waals surface area contributed by atoms with Crippen molar-refractivity contribution in [3.8, 4) is 0 Å². The molecule has 1 aliphatic heterocycles. The molecule has 88 valence electrons. The van der Waals surface area contributed by atoms with Gasteiger partial charge in [0.1, 0.15) is 17.0 Å². The highest BCUT2D eigenvalue weighted by Crippen LogP contribution is 2.23. The summed E-state index contributed by atoms with van der Waals surface area (Å²) in [4.78, 5) is 16.0. The van der Waals surface area contributed by atoms with E-state index in [0.29, 0.717) is 18.4 Å². The molecule has 0 aromatic carbocycles. The lowest BCUT2D eigenvalue weighted by atomic mass is 10.0. The van der Waals surface area contributed by atoms with Gasteiger partial charge >= 0.3 is 0 Å². The molecular formula is C12H13N3O2. The van der Waals surface area contributed by atoms with Gasteiger partial charge in [0.05, 0.1) is 11.7 Å². The second kappa shape index (κ2) is 3.92. The lowest BCUT2D eigenvalue weighted by Crippen LogP contribution is -2.32. The smallest absolute Gasteiger partial charge is 0.185 e. The summed E-state index contributed by atoms with van der Waals surface area (Å²) in [6, 6.07) is 3.77. The van der Waals surface area contributed by atoms with Crippen LogP contribution in [0.15, 0.2) is 16.7 Å². The number of carbonyl (C=O) groups excluding carboxylic acids is 1. The third-order valence-corrected chi connectivity index (χ3v) is 3.09. The minimum absolute atomic E-state index is 0.0231. The van der Waals surface area contributed by atoms with Crippen molar-refractivity contribution in [3.05, 3.63) is 23.5 Å². The Balaban J connectivity index is 1.99. The van der Waals surface area contributed by atoms with Crippen molar-refractivity contribution >= 4 is 16.9 Å². The Kier molecular flexibility index (Phi) is 2.40. The number of nitrogens with one attached hydrogen (secondary N) is 1. The van der Waals surface area contributed by atoms with Crippen molar-refractivity contribution in [2.75, 3.05) is 6.54 Å². The molecule has 3 rings (SSSR count). The van der Waals surface area contributed by atoms with E-state index in [4.69, 9.17) is 4.52 Å². The van der Waals surface area contributed by atoms with Crippen LogP contribution < -0.4 is 5.32 Å². The Labute approximate surface area is 98.2 Å². The monoisotopic (exact) mass is 231 g/mol. The maximum atomic E-state index is 11.4. The lowest BCUT2D eigenvalue weighted by Gasteiger charge is -2.21. The fourth-order valence-corrected chi connectivity index (χ4v) is 2.15. The Morgan fingerprint density at radius 2 is 2.35 bits per heavy atom. The van der Waals surface area contributed by atoms with Crippen molar-refractivity contribution in [3.63, 3.8) is 0 Å². The number of hydrogen-bond acceptors (Lipinski definition) is 5. The number of Topliss-reactive ketones (excluding diaryl/α,β-unsaturated/α-hetero) is 1. The largest absolute Gasteiger partial charge is 0.354 e. The standard InChI is InChI=1S/C12H13N3O2/c1-7-12-11(17-15-7)3-2-9(14-12)10-6-8(16)4-5-13-10/h2-3,10,13H,4-6H2,1H3. The molecule has 0 aliphatic carbocycles. The number of ketones is 1. The highest BCUT2D eigenvalue weighted by atomic mass is 16.5. The zero-order chi connectivity index (χ0) is 11.8. The second-order valence-corrected chi connectivity index (χ2v) is 4.35. The van der Waals surface area contributed by atoms with Gasteiger partial charge in [-0.25, -0.2) is 4.98 Å². The van der Waals surface area contributed by atoms with Crippen LogP contribution in [0.1, 0.15) is 30.3 Å². The van der Waals surface area contributed by atoms with Crippen molar-refractivity contribution in [1.29, 1.82) is 0 Å². The number of piperidine rings is 1. The zero-order valence-electron chi connectivity index (χ0n) is 9.56. The molecule has 1 atom stereocenters. The summed E-state index contributed by atoms with van der Waals surface area (Å²) in [5.41, 5.74) is 3.14. The number of rotatable bonds is 1. The van der Waals surface area contributed by atoms with Crippen LogP contribution >= 0.6 is 0 Å². The molecule has 0 bridgehead atoms. The molecule has 0 spiro atoms. The molecular weight excluding hydrogens is 218 g/mol. The van der Waals surface area contributed by atoms with E-state index in [1.54, 1.807) is 0 Å². The molecule has 0 amide bonds. The maximum absolute atomic E-state index is 11.4. The molecule has 0 saturated carbocycles. The average Bonchev–Trinajstić information content (AvgIpc) is 2.71. The number of fused-ring (bicyclic) bond motifs is 1. The third kappa shape index (κ3) is 1.82. The van der Waals surface area contributed by atoms with Crippen LogP contribution in [-0.4, -0.2) is 22.5 Å². The van der Waals surface area contributed by atoms with Gasteiger partial charge in [-0.1, -0.05) is 5.16 Å². The fourth-order valence-electron chi connectivity index (χ4n) is 2.15. The van der Waals surface area contributed by atoms with Gasteiger partial charge in [0.25, 0.3) is 0 Å². The van der Waals surface area contributed by atoms with E-state index in [9.17, 15) is 4.79 Å². The first-order valence-corrected chi connectivity index (χ1v) is 5.72. The van der Waals surface area contributed by atoms with Crippen molar-refractivity contribution in [2.45, 2.75) is 25.8 Å². The molecule has 1 aliphatic rings. The molecule has 5 heteroatoms. The first-order valence-electron chi connectivity index (χ1n) is 5.72. The quantitative estimate of drug-likeness (QED) is 0.806. The van der Waals surface area contributed by atoms with Crippen LogP contribution in [0.25, 0.3) is 11.1 Å². The average molecular weight is 231 g/mol. The van der Waals surface area contributed by atoms with E-state index in [0.717, 1.165) is 23.4 Å². The predicted molar refractivity (Wildman–Crippen MR) is 61.5 cm³/mol. The van der Waals surface area contributed by atoms with Gasteiger partial charge in [-0.2, -0.15) is 0 Å². The topological polar surface area (TPSA) is 68.0 Å². The summed E-state index contributed by atoms with van der Waals surface area (Å²) in [5.74, 6) is 0.290. The van der Waals surface area contributed by atoms with E-state index in [1.807, 2.05) is 19.1 Å². The van der Waals surface area contributed by atoms with Crippen molar-refractivity contribution in [1.82, 2.24) is 15.5 Å². The van der Waals surface area contributed by atoms with Crippen LogP contribution in [0, 0.1) is 6.92 Å². The third-order valence-electron chi connectivity index (χ3n) is 3.09. The predicted octanol–water partition coefficient (Wildman–Crippen LogP) is 1.52. The highest BCUT2D eigenvalue weighted by molar-refractivity contribution is 5.80. The van der Waals surface area contributed by atoms with Gasteiger partial charge in [0.2, 0.25) is 0 Å². The molecule has 2 aromatic rings. The number of aromatic nitrogens is 2. The SMILES string of the molecule is Cc1noc2ccc(C3CC(=O)CCN3)nc12. The van der Waals surface area contributed by atoms with Gasteiger partial charge in [-0.05, 0) is 19.1 Å². The summed E-state index contributed by atoms with van der Waals surface area (Å²) in [5, 5.41) is 7.18. The van der Waals surface area contributed by atoms with E-state index >= 15 is 0 Å². The van der Waals surface area contributed by atoms with Crippen LogP contribution in [0.3, 0.4) is 0 Å². The Morgan fingerprint density at radius 1 is 1.47 bits per heavy atom. The molecule has 3 heterocycles. The number of carbonyl (C=O) groups is 1. The van der Waals surface area contributed by atoms with E-state index in [1.165, 1.54) is 0 Å². The van der Waals surface area contributed by atoms with E-state index < -0.39 is 0 Å². The Bertz CT molecular complexity index is 576. The molecule has 5 nitrogen and oxygen atoms in total. The summed E-state index contributed by atoms with van der Waals surface area (Å²) in [7, 11) is 0. The minimum atomic E-state index is 0.0231. The maximum Gasteiger partial charge on any atom is 0.185 e. The van der Waals surface area contributed by atoms with Gasteiger partial charge in [-0.3, -0.25) is 4.79 Å². The fraction of sp³-hybridized carbons (Fsp3) is 0.417. The molecule has 1 unspecified atom stereocenters. The van der Waals surface area contributed by atoms with E-state index in [2.05, 4.69) is 15.5 Å². The summed E-state index contributed by atoms with van der Waals surface area (Å²) < 4.78 is 5.11. The Hall–Kier alpha value is -1.75. The van der Waals surface area contributed by atoms with Gasteiger partial charge in [0.15, 0.2) is 5.58 Å². The number of nitrogens with zero attached hydrogens (tertiary/aromatic N) is 2. The van der Waals surface area contributed by atoms with Crippen LogP contribution in [0.5, 0.6) is 0 Å². The molecule has 2 aromatic heterocycles. The second-order valence-electron chi connectivity index (χ2n) is 4.35. The van der Waals surface area contributed by atoms with Crippen LogP contribution in [0.2, 0.25) is 0 Å². The molecule has 0 radical (unpaired) electrons. The van der Waals surface area contributed by atoms with Gasteiger partial charge < -0.3 is 9.84 Å². The first-order chi connectivity index (χ1) is 8.24. The summed E-state index contributed by atoms with van der Waals surface area (Å²) in [6.07, 6.45) is 1.13. The van der Waals surface area contributed by atoms with E-state index in [-0.39, 0.29) is 11.8 Å². The molecule has 17 heavy (non-hydrogen) atoms. The van der Waals surface area contributed by atoms with Crippen LogP contribution in [0.4, 0.5) is 0 Å². The number of pyridine rings is 1. The minimum Gasteiger partial charge on any atom is -0.354 e. The summed E-state index contributed by atoms with van der Waals surface area (Å²) >= 11 is 0. The number of aryl methyl sites for hydroxylation is 1. The van der Waals surface area contributed by atoms with Crippen molar-refractivity contribution in [2.24, 2.45) is 0 Å². The lowest BCUT2D eigenvalue weighted by molar-refractivity contribution is -0.120. The first kappa shape index (κ1) is 10.4. The molecule has 1 fully saturated rings. The molecule has 1 saturated heterocycles.